The zero-order valence-electron chi connectivity index (χ0n) is 23.7. The van der Waals surface area contributed by atoms with Gasteiger partial charge in [-0.1, -0.05) is 6.92 Å². The van der Waals surface area contributed by atoms with Crippen LogP contribution in [-0.2, 0) is 40.8 Å². The van der Waals surface area contributed by atoms with Gasteiger partial charge < -0.3 is 21.9 Å². The van der Waals surface area contributed by atoms with Crippen LogP contribution in [-0.4, -0.2) is 57.3 Å². The van der Waals surface area contributed by atoms with E-state index in [1.54, 1.807) is 6.07 Å². The Bertz CT molecular complexity index is 1210. The van der Waals surface area contributed by atoms with Crippen molar-refractivity contribution in [3.05, 3.63) is 23.5 Å². The molecule has 0 aromatic carbocycles. The fourth-order valence-corrected chi connectivity index (χ4v) is 1.66. The standard InChI is InChI=1S/2C5H6F3N3.C4H2F3NO.C3H3F3O2.C2H7N.C2H3N/c1-11-3(5(6,7)8)2-4(9)10-11;1-11-4(9)2-3(10-11)5(6,7)8;5-4(6,7)3(9)1-2-8;1-8-2(7)3(4,5)6;2*1-2-3/h2H,1H3,(H2,9,10);2H,9H2,1H3;1H2;1H3;2-3H2,1H3;1H3. The van der Waals surface area contributed by atoms with Crippen LogP contribution in [0.15, 0.2) is 12.1 Å². The van der Waals surface area contributed by atoms with Gasteiger partial charge in [-0.3, -0.25) is 14.2 Å². The summed E-state index contributed by atoms with van der Waals surface area (Å²) in [4.78, 5) is 19.2. The third kappa shape index (κ3) is 23.4. The summed E-state index contributed by atoms with van der Waals surface area (Å²) in [6.07, 6.45) is -19.6. The van der Waals surface area contributed by atoms with Gasteiger partial charge in [0.1, 0.15) is 23.8 Å². The lowest BCUT2D eigenvalue weighted by molar-refractivity contribution is -0.196. The number of aryl methyl sites for hydroxylation is 2. The number of carbonyl (C=O) groups is 2. The minimum atomic E-state index is -4.85. The number of methoxy groups -OCH3 is 1. The maximum absolute atomic E-state index is 11.9. The number of ether oxygens (including phenoxy) is 1. The summed E-state index contributed by atoms with van der Waals surface area (Å²) in [6, 6.07) is 4.44. The number of nitrogens with zero attached hydrogens (tertiary/aromatic N) is 6. The van der Waals surface area contributed by atoms with Crippen molar-refractivity contribution in [1.29, 1.82) is 10.5 Å². The highest BCUT2D eigenvalue weighted by Gasteiger charge is 2.40. The number of esters is 1. The zero-order chi connectivity index (χ0) is 37.0. The number of rotatable bonds is 1. The van der Waals surface area contributed by atoms with Crippen molar-refractivity contribution in [2.45, 2.75) is 45.0 Å². The first-order valence-electron chi connectivity index (χ1n) is 11.0. The Morgan fingerprint density at radius 2 is 1.29 bits per heavy atom. The highest BCUT2D eigenvalue weighted by molar-refractivity contribution is 5.85. The Labute approximate surface area is 246 Å². The number of hydrogen-bond acceptors (Lipinski definition) is 10. The number of nitrogen functional groups attached to an aromatic ring is 2. The normalized spacial score (nSPS) is 10.5. The number of aromatic nitrogens is 4. The second-order valence-electron chi connectivity index (χ2n) is 7.03. The van der Waals surface area contributed by atoms with E-state index in [2.05, 4.69) is 14.9 Å². The molecule has 2 aromatic heterocycles. The molecule has 6 N–H and O–H groups in total. The van der Waals surface area contributed by atoms with E-state index in [1.165, 1.54) is 21.0 Å². The van der Waals surface area contributed by atoms with E-state index >= 15 is 0 Å². The fourth-order valence-electron chi connectivity index (χ4n) is 1.66. The molecule has 2 heterocycles. The molecular formula is C21H27F12N9O3. The summed E-state index contributed by atoms with van der Waals surface area (Å²) in [6.45, 7) is 4.08. The second-order valence-corrected chi connectivity index (χ2v) is 7.03. The molecule has 0 atom stereocenters. The largest absolute Gasteiger partial charge is 0.490 e. The average molecular weight is 681 g/mol. The van der Waals surface area contributed by atoms with E-state index in [1.807, 2.05) is 6.92 Å². The number of nitriles is 2. The molecule has 0 fully saturated rings. The third-order valence-corrected chi connectivity index (χ3v) is 3.37. The monoisotopic (exact) mass is 681 g/mol. The maximum Gasteiger partial charge on any atom is 0.490 e. The number of hydrogen-bond donors (Lipinski definition) is 3. The number of anilines is 2. The molecule has 0 spiro atoms. The topological polar surface area (TPSA) is 205 Å². The molecular weight excluding hydrogens is 654 g/mol. The predicted molar refractivity (Wildman–Crippen MR) is 131 cm³/mol. The number of carbonyl (C=O) groups excluding carboxylic acids is 2. The van der Waals surface area contributed by atoms with Crippen LogP contribution in [0.25, 0.3) is 0 Å². The van der Waals surface area contributed by atoms with Gasteiger partial charge in [-0.2, -0.15) is 73.4 Å². The minimum Gasteiger partial charge on any atom is -0.462 e. The van der Waals surface area contributed by atoms with Gasteiger partial charge in [-0.15, -0.1) is 0 Å². The van der Waals surface area contributed by atoms with Crippen molar-refractivity contribution in [1.82, 2.24) is 19.6 Å². The minimum absolute atomic E-state index is 0.00248. The summed E-state index contributed by atoms with van der Waals surface area (Å²) >= 11 is 0. The molecule has 0 aliphatic heterocycles. The molecule has 0 aliphatic rings. The predicted octanol–water partition coefficient (Wildman–Crippen LogP) is 4.29. The van der Waals surface area contributed by atoms with E-state index in [9.17, 15) is 62.3 Å². The molecule has 0 bridgehead atoms. The molecule has 0 amide bonds. The van der Waals surface area contributed by atoms with Gasteiger partial charge in [0.25, 0.3) is 0 Å². The highest BCUT2D eigenvalue weighted by Crippen LogP contribution is 2.30. The molecule has 2 rings (SSSR count). The summed E-state index contributed by atoms with van der Waals surface area (Å²) < 4.78 is 143. The molecule has 0 radical (unpaired) electrons. The summed E-state index contributed by atoms with van der Waals surface area (Å²) in [5, 5.41) is 21.4. The second kappa shape index (κ2) is 21.0. The Morgan fingerprint density at radius 3 is 1.40 bits per heavy atom. The third-order valence-electron chi connectivity index (χ3n) is 3.37. The molecule has 0 unspecified atom stereocenters. The average Bonchev–Trinajstić information content (AvgIpc) is 3.39. The Morgan fingerprint density at radius 1 is 0.867 bits per heavy atom. The Kier molecular flexibility index (Phi) is 22.1. The zero-order valence-corrected chi connectivity index (χ0v) is 23.7. The first-order valence-corrected chi connectivity index (χ1v) is 11.0. The van der Waals surface area contributed by atoms with Gasteiger partial charge in [0.2, 0.25) is 5.78 Å². The lowest BCUT2D eigenvalue weighted by atomic mass is 10.3. The molecule has 12 nitrogen and oxygen atoms in total. The van der Waals surface area contributed by atoms with E-state index in [-0.39, 0.29) is 11.6 Å². The van der Waals surface area contributed by atoms with Crippen molar-refractivity contribution < 1.29 is 67.0 Å². The van der Waals surface area contributed by atoms with Crippen molar-refractivity contribution in [2.75, 3.05) is 25.1 Å². The Balaban J connectivity index is -0.000000237. The van der Waals surface area contributed by atoms with Gasteiger partial charge in [0, 0.05) is 33.2 Å². The summed E-state index contributed by atoms with van der Waals surface area (Å²) in [5.74, 6) is -4.29. The molecule has 258 valence electrons. The fraction of sp³-hybridized carbons (Fsp3) is 0.524. The molecule has 2 aromatic rings. The number of ketones is 1. The first kappa shape index (κ1) is 47.2. The SMILES string of the molecule is CC#N.CCN.COC(=O)C(F)(F)F.Cn1nc(C(F)(F)F)cc1N.Cn1nc(N)cc1C(F)(F)F.N#CCC(=O)C(F)(F)F. The molecule has 45 heavy (non-hydrogen) atoms. The van der Waals surface area contributed by atoms with Gasteiger partial charge in [0.15, 0.2) is 5.69 Å². The van der Waals surface area contributed by atoms with Gasteiger partial charge in [0.05, 0.1) is 19.2 Å². The van der Waals surface area contributed by atoms with Crippen LogP contribution < -0.4 is 17.2 Å². The van der Waals surface area contributed by atoms with Crippen molar-refractivity contribution >= 4 is 23.4 Å². The molecule has 0 saturated heterocycles. The number of nitrogens with two attached hydrogens (primary N) is 3. The Hall–Kier alpha value is -4.74. The van der Waals surface area contributed by atoms with Gasteiger partial charge in [-0.05, 0) is 6.54 Å². The van der Waals surface area contributed by atoms with Crippen LogP contribution >= 0.6 is 0 Å². The number of Topliss-reactive ketones (excluding diaryl/α,β-unsaturated/α-hetero) is 1. The lowest BCUT2D eigenvalue weighted by Gasteiger charge is -2.04. The molecule has 0 saturated carbocycles. The van der Waals surface area contributed by atoms with Crippen LogP contribution in [0.2, 0.25) is 0 Å². The first-order chi connectivity index (χ1) is 20.1. The number of halogens is 12. The number of alkyl halides is 12. The molecule has 0 aliphatic carbocycles. The van der Waals surface area contributed by atoms with Crippen LogP contribution in [0.4, 0.5) is 64.3 Å². The van der Waals surface area contributed by atoms with Crippen molar-refractivity contribution in [2.24, 2.45) is 19.8 Å². The van der Waals surface area contributed by atoms with Crippen LogP contribution in [0, 0.1) is 22.7 Å². The van der Waals surface area contributed by atoms with E-state index in [0.717, 1.165) is 29.4 Å². The smallest absolute Gasteiger partial charge is 0.462 e. The van der Waals surface area contributed by atoms with E-state index in [0.29, 0.717) is 11.8 Å². The molecule has 24 heteroatoms. The maximum atomic E-state index is 11.9. The lowest BCUT2D eigenvalue weighted by Crippen LogP contribution is -2.23. The van der Waals surface area contributed by atoms with Crippen molar-refractivity contribution in [3.8, 4) is 12.1 Å². The van der Waals surface area contributed by atoms with Crippen LogP contribution in [0.1, 0.15) is 31.7 Å². The highest BCUT2D eigenvalue weighted by atomic mass is 19.4. The van der Waals surface area contributed by atoms with Crippen LogP contribution in [0.5, 0.6) is 0 Å². The quantitative estimate of drug-likeness (QED) is 0.288. The van der Waals surface area contributed by atoms with Crippen molar-refractivity contribution in [3.63, 3.8) is 0 Å². The van der Waals surface area contributed by atoms with E-state index < -0.39 is 54.3 Å². The van der Waals surface area contributed by atoms with E-state index in [4.69, 9.17) is 27.7 Å². The summed E-state index contributed by atoms with van der Waals surface area (Å²) in [7, 11) is 3.22. The van der Waals surface area contributed by atoms with Gasteiger partial charge in [-0.25, -0.2) is 4.79 Å². The summed E-state index contributed by atoms with van der Waals surface area (Å²) in [5.41, 5.74) is 13.2. The van der Waals surface area contributed by atoms with Crippen LogP contribution in [0.3, 0.4) is 0 Å². The van der Waals surface area contributed by atoms with Gasteiger partial charge >= 0.3 is 30.7 Å².